The smallest absolute Gasteiger partial charge is 0.254 e. The number of nitrogens with zero attached hydrogens (tertiary/aromatic N) is 5. The van der Waals surface area contributed by atoms with Crippen molar-refractivity contribution >= 4 is 22.5 Å². The molecule has 6 nitrogen and oxygen atoms in total. The van der Waals surface area contributed by atoms with Gasteiger partial charge in [-0.2, -0.15) is 5.10 Å². The summed E-state index contributed by atoms with van der Waals surface area (Å²) in [6.45, 7) is 0.751. The van der Waals surface area contributed by atoms with Gasteiger partial charge < -0.3 is 4.90 Å². The predicted octanol–water partition coefficient (Wildman–Crippen LogP) is 3.64. The van der Waals surface area contributed by atoms with Crippen LogP contribution in [-0.2, 0) is 0 Å². The van der Waals surface area contributed by atoms with Crippen molar-refractivity contribution in [2.45, 2.75) is 25.3 Å². The van der Waals surface area contributed by atoms with Gasteiger partial charge in [-0.1, -0.05) is 6.07 Å². The molecule has 1 amide bonds. The zero-order chi connectivity index (χ0) is 18.2. The van der Waals surface area contributed by atoms with Crippen LogP contribution in [0.4, 0.5) is 0 Å². The molecule has 5 rings (SSSR count). The molecule has 0 spiro atoms. The standard InChI is InChI=1S/C21H19N5O/c27-21(16-6-7-17-15(14-16)4-3-10-22-17)25-12-2-1-5-19(25)18-9-13-26-20(24-18)8-11-23-26/h3-4,6-11,13-14,19H,1-2,5,12H2/t19-/m0/s1. The first-order chi connectivity index (χ1) is 13.3. The molecule has 1 aliphatic heterocycles. The fourth-order valence-electron chi connectivity index (χ4n) is 3.87. The van der Waals surface area contributed by atoms with Gasteiger partial charge in [0.25, 0.3) is 5.91 Å². The summed E-state index contributed by atoms with van der Waals surface area (Å²) in [6, 6.07) is 13.5. The Bertz CT molecular complexity index is 1140. The van der Waals surface area contributed by atoms with Crippen molar-refractivity contribution in [3.05, 3.63) is 72.3 Å². The van der Waals surface area contributed by atoms with Crippen molar-refractivity contribution in [1.82, 2.24) is 24.5 Å². The van der Waals surface area contributed by atoms with Crippen LogP contribution in [0.5, 0.6) is 0 Å². The van der Waals surface area contributed by atoms with E-state index in [4.69, 9.17) is 4.98 Å². The van der Waals surface area contributed by atoms with E-state index in [0.29, 0.717) is 5.56 Å². The Kier molecular flexibility index (Phi) is 3.81. The molecule has 0 unspecified atom stereocenters. The zero-order valence-electron chi connectivity index (χ0n) is 14.8. The van der Waals surface area contributed by atoms with Crippen molar-refractivity contribution in [3.8, 4) is 0 Å². The fourth-order valence-corrected chi connectivity index (χ4v) is 3.87. The van der Waals surface area contributed by atoms with E-state index in [2.05, 4.69) is 10.1 Å². The molecule has 1 aliphatic rings. The highest BCUT2D eigenvalue weighted by molar-refractivity contribution is 5.98. The minimum Gasteiger partial charge on any atom is -0.330 e. The summed E-state index contributed by atoms with van der Waals surface area (Å²) < 4.78 is 1.74. The molecule has 4 heterocycles. The second-order valence-corrected chi connectivity index (χ2v) is 6.91. The third kappa shape index (κ3) is 2.83. The Hall–Kier alpha value is -3.28. The van der Waals surface area contributed by atoms with Crippen molar-refractivity contribution in [2.75, 3.05) is 6.54 Å². The van der Waals surface area contributed by atoms with E-state index in [0.717, 1.165) is 48.1 Å². The van der Waals surface area contributed by atoms with E-state index in [1.165, 1.54) is 0 Å². The predicted molar refractivity (Wildman–Crippen MR) is 102 cm³/mol. The maximum Gasteiger partial charge on any atom is 0.254 e. The molecule has 0 saturated carbocycles. The Labute approximate surface area is 156 Å². The van der Waals surface area contributed by atoms with Crippen LogP contribution in [0.1, 0.15) is 41.4 Å². The summed E-state index contributed by atoms with van der Waals surface area (Å²) in [5.74, 6) is 0.0561. The minimum absolute atomic E-state index is 0.00394. The van der Waals surface area contributed by atoms with Crippen LogP contribution in [0.2, 0.25) is 0 Å². The number of carbonyl (C=O) groups excluding carboxylic acids is 1. The molecule has 6 heteroatoms. The van der Waals surface area contributed by atoms with Crippen LogP contribution < -0.4 is 0 Å². The number of hydrogen-bond acceptors (Lipinski definition) is 4. The minimum atomic E-state index is -0.00394. The average molecular weight is 357 g/mol. The first kappa shape index (κ1) is 15.9. The number of pyridine rings is 1. The van der Waals surface area contributed by atoms with Gasteiger partial charge in [-0.05, 0) is 49.6 Å². The van der Waals surface area contributed by atoms with Crippen LogP contribution in [-0.4, -0.2) is 36.9 Å². The molecule has 3 aromatic heterocycles. The number of hydrogen-bond donors (Lipinski definition) is 0. The van der Waals surface area contributed by atoms with Crippen LogP contribution >= 0.6 is 0 Å². The van der Waals surface area contributed by atoms with E-state index < -0.39 is 0 Å². The first-order valence-corrected chi connectivity index (χ1v) is 9.26. The third-order valence-electron chi connectivity index (χ3n) is 5.23. The van der Waals surface area contributed by atoms with Crippen LogP contribution in [0, 0.1) is 0 Å². The topological polar surface area (TPSA) is 63.4 Å². The normalized spacial score (nSPS) is 17.5. The largest absolute Gasteiger partial charge is 0.330 e. The van der Waals surface area contributed by atoms with Crippen molar-refractivity contribution in [3.63, 3.8) is 0 Å². The Morgan fingerprint density at radius 3 is 3.00 bits per heavy atom. The number of piperidine rings is 1. The van der Waals surface area contributed by atoms with Gasteiger partial charge in [-0.25, -0.2) is 9.50 Å². The van der Waals surface area contributed by atoms with Crippen LogP contribution in [0.25, 0.3) is 16.6 Å². The first-order valence-electron chi connectivity index (χ1n) is 9.26. The Balaban J connectivity index is 1.51. The number of rotatable bonds is 2. The SMILES string of the molecule is O=C(c1ccc2ncccc2c1)N1CCCC[C@H]1c1ccn2nccc2n1. The maximum absolute atomic E-state index is 13.3. The number of carbonyl (C=O) groups is 1. The summed E-state index contributed by atoms with van der Waals surface area (Å²) in [6.07, 6.45) is 8.46. The van der Waals surface area contributed by atoms with Gasteiger partial charge in [-0.15, -0.1) is 0 Å². The van der Waals surface area contributed by atoms with Crippen molar-refractivity contribution in [1.29, 1.82) is 0 Å². The van der Waals surface area contributed by atoms with E-state index in [1.54, 1.807) is 16.9 Å². The molecule has 0 bridgehead atoms. The molecule has 0 radical (unpaired) electrons. The molecule has 4 aromatic rings. The lowest BCUT2D eigenvalue weighted by Gasteiger charge is -2.35. The maximum atomic E-state index is 13.3. The Morgan fingerprint density at radius 1 is 1.07 bits per heavy atom. The molecule has 1 aromatic carbocycles. The monoisotopic (exact) mass is 357 g/mol. The summed E-state index contributed by atoms with van der Waals surface area (Å²) >= 11 is 0. The highest BCUT2D eigenvalue weighted by Gasteiger charge is 2.30. The molecule has 134 valence electrons. The molecule has 27 heavy (non-hydrogen) atoms. The lowest BCUT2D eigenvalue weighted by molar-refractivity contribution is 0.0606. The third-order valence-corrected chi connectivity index (χ3v) is 5.23. The van der Waals surface area contributed by atoms with E-state index >= 15 is 0 Å². The highest BCUT2D eigenvalue weighted by atomic mass is 16.2. The van der Waals surface area contributed by atoms with E-state index in [1.807, 2.05) is 53.6 Å². The van der Waals surface area contributed by atoms with Gasteiger partial charge in [0.15, 0.2) is 5.65 Å². The van der Waals surface area contributed by atoms with Crippen molar-refractivity contribution < 1.29 is 4.79 Å². The highest BCUT2D eigenvalue weighted by Crippen LogP contribution is 2.31. The van der Waals surface area contributed by atoms with Gasteiger partial charge in [-0.3, -0.25) is 9.78 Å². The number of likely N-dealkylation sites (tertiary alicyclic amines) is 1. The summed E-state index contributed by atoms with van der Waals surface area (Å²) in [4.78, 5) is 24.3. The van der Waals surface area contributed by atoms with Gasteiger partial charge in [0.1, 0.15) is 0 Å². The molecular formula is C21H19N5O. The van der Waals surface area contributed by atoms with Gasteiger partial charge in [0, 0.05) is 36.0 Å². The number of benzene rings is 1. The molecular weight excluding hydrogens is 338 g/mol. The van der Waals surface area contributed by atoms with E-state index in [9.17, 15) is 4.79 Å². The van der Waals surface area contributed by atoms with Gasteiger partial charge >= 0.3 is 0 Å². The van der Waals surface area contributed by atoms with Crippen LogP contribution in [0.3, 0.4) is 0 Å². The zero-order valence-corrected chi connectivity index (χ0v) is 14.8. The second-order valence-electron chi connectivity index (χ2n) is 6.91. The molecule has 1 atom stereocenters. The lowest BCUT2D eigenvalue weighted by atomic mass is 9.97. The summed E-state index contributed by atoms with van der Waals surface area (Å²) in [5.41, 5.74) is 3.34. The molecule has 1 saturated heterocycles. The number of aromatic nitrogens is 4. The quantitative estimate of drug-likeness (QED) is 0.549. The van der Waals surface area contributed by atoms with Gasteiger partial charge in [0.2, 0.25) is 0 Å². The number of amides is 1. The van der Waals surface area contributed by atoms with Crippen molar-refractivity contribution in [2.24, 2.45) is 0 Å². The Morgan fingerprint density at radius 2 is 2.04 bits per heavy atom. The fraction of sp³-hybridized carbons (Fsp3) is 0.238. The molecule has 0 aliphatic carbocycles. The summed E-state index contributed by atoms with van der Waals surface area (Å²) in [7, 11) is 0. The lowest BCUT2D eigenvalue weighted by Crippen LogP contribution is -2.38. The number of fused-ring (bicyclic) bond motifs is 2. The van der Waals surface area contributed by atoms with Gasteiger partial charge in [0.05, 0.1) is 23.4 Å². The summed E-state index contributed by atoms with van der Waals surface area (Å²) in [5, 5.41) is 5.19. The average Bonchev–Trinajstić information content (AvgIpc) is 3.21. The van der Waals surface area contributed by atoms with Crippen LogP contribution in [0.15, 0.2) is 61.1 Å². The molecule has 0 N–H and O–H groups in total. The van der Waals surface area contributed by atoms with E-state index in [-0.39, 0.29) is 11.9 Å². The molecule has 1 fully saturated rings. The second kappa shape index (κ2) is 6.46.